The van der Waals surface area contributed by atoms with E-state index in [-0.39, 0.29) is 29.0 Å². The molecular weight excluding hydrogens is 538 g/mol. The number of hydrogen-bond donors (Lipinski definition) is 1. The summed E-state index contributed by atoms with van der Waals surface area (Å²) in [6, 6.07) is 23.2. The van der Waals surface area contributed by atoms with Gasteiger partial charge in [0.25, 0.3) is 17.4 Å². The molecule has 1 N–H and O–H groups in total. The van der Waals surface area contributed by atoms with Crippen molar-refractivity contribution in [3.8, 4) is 0 Å². The summed E-state index contributed by atoms with van der Waals surface area (Å²) in [7, 11) is 1.70. The van der Waals surface area contributed by atoms with Crippen LogP contribution >= 0.6 is 0 Å². The van der Waals surface area contributed by atoms with Gasteiger partial charge in [0.1, 0.15) is 17.2 Å². The largest absolute Gasteiger partial charge is 0.369 e. The predicted octanol–water partition coefficient (Wildman–Crippen LogP) is 5.27. The lowest BCUT2D eigenvalue weighted by Gasteiger charge is -2.44. The number of benzene rings is 3. The standard InChI is InChI=1S/C33H30F2N4O3/c1-37(17-21-7-3-2-4-8-21)33(42)23-13-14-29(27(16-23)36-32(41)31-25(34)9-5-10-26(31)35)38-18-22-15-24(20-38)28-11-6-12-30(40)39(28)19-22/h2-14,16,22,24H,15,17-20H2,1H3,(H,36,41)/t22-,24+/m1/s1. The molecule has 2 aliphatic rings. The molecule has 2 atom stereocenters. The number of nitrogens with one attached hydrogen (secondary N) is 1. The zero-order valence-electron chi connectivity index (χ0n) is 23.1. The number of carbonyl (C=O) groups is 2. The zero-order valence-corrected chi connectivity index (χ0v) is 23.1. The highest BCUT2D eigenvalue weighted by Gasteiger charge is 2.35. The van der Waals surface area contributed by atoms with Crippen molar-refractivity contribution < 1.29 is 18.4 Å². The van der Waals surface area contributed by atoms with Crippen LogP contribution in [0.1, 0.15) is 44.3 Å². The molecule has 0 spiro atoms. The van der Waals surface area contributed by atoms with Crippen molar-refractivity contribution in [3.05, 3.63) is 129 Å². The van der Waals surface area contributed by atoms with Crippen molar-refractivity contribution in [2.45, 2.75) is 25.4 Å². The summed E-state index contributed by atoms with van der Waals surface area (Å²) in [5.41, 5.74) is 2.49. The molecule has 9 heteroatoms. The van der Waals surface area contributed by atoms with Gasteiger partial charge in [-0.25, -0.2) is 8.78 Å². The first kappa shape index (κ1) is 27.4. The second-order valence-corrected chi connectivity index (χ2v) is 11.0. The Morgan fingerprint density at radius 1 is 0.905 bits per heavy atom. The molecule has 4 aromatic rings. The van der Waals surface area contributed by atoms with Crippen LogP contribution in [0.15, 0.2) is 89.7 Å². The van der Waals surface area contributed by atoms with Crippen molar-refractivity contribution in [2.24, 2.45) is 5.92 Å². The van der Waals surface area contributed by atoms with E-state index in [0.29, 0.717) is 37.4 Å². The van der Waals surface area contributed by atoms with Crippen molar-refractivity contribution in [1.82, 2.24) is 9.47 Å². The number of aromatic nitrogens is 1. The van der Waals surface area contributed by atoms with Gasteiger partial charge in [0, 0.05) is 56.5 Å². The fourth-order valence-electron chi connectivity index (χ4n) is 6.19. The van der Waals surface area contributed by atoms with Crippen LogP contribution in [0.25, 0.3) is 0 Å². The fourth-order valence-corrected chi connectivity index (χ4v) is 6.19. The quantitative estimate of drug-likeness (QED) is 0.344. The monoisotopic (exact) mass is 568 g/mol. The van der Waals surface area contributed by atoms with E-state index >= 15 is 0 Å². The van der Waals surface area contributed by atoms with Gasteiger partial charge in [-0.15, -0.1) is 0 Å². The molecule has 3 aromatic carbocycles. The molecule has 1 saturated heterocycles. The molecule has 0 unspecified atom stereocenters. The fraction of sp³-hybridized carbons (Fsp3) is 0.242. The summed E-state index contributed by atoms with van der Waals surface area (Å²) in [4.78, 5) is 42.8. The molecule has 2 amide bonds. The van der Waals surface area contributed by atoms with Crippen LogP contribution in [0.5, 0.6) is 0 Å². The first-order chi connectivity index (χ1) is 20.3. The highest BCUT2D eigenvalue weighted by atomic mass is 19.1. The predicted molar refractivity (Wildman–Crippen MR) is 157 cm³/mol. The molecule has 2 bridgehead atoms. The number of carbonyl (C=O) groups excluding carboxylic acids is 2. The van der Waals surface area contributed by atoms with E-state index in [9.17, 15) is 23.2 Å². The summed E-state index contributed by atoms with van der Waals surface area (Å²) >= 11 is 0. The molecule has 42 heavy (non-hydrogen) atoms. The molecule has 0 aliphatic carbocycles. The highest BCUT2D eigenvalue weighted by molar-refractivity contribution is 6.07. The third kappa shape index (κ3) is 5.30. The van der Waals surface area contributed by atoms with Crippen molar-refractivity contribution >= 4 is 23.2 Å². The van der Waals surface area contributed by atoms with Gasteiger partial charge in [0.2, 0.25) is 0 Å². The number of fused-ring (bicyclic) bond motifs is 4. The van der Waals surface area contributed by atoms with Crippen molar-refractivity contribution in [3.63, 3.8) is 0 Å². The Morgan fingerprint density at radius 2 is 1.64 bits per heavy atom. The van der Waals surface area contributed by atoms with Gasteiger partial charge in [-0.2, -0.15) is 0 Å². The molecule has 214 valence electrons. The molecule has 0 saturated carbocycles. The molecule has 7 nitrogen and oxygen atoms in total. The Hall–Kier alpha value is -4.79. The van der Waals surface area contributed by atoms with Gasteiger partial charge in [-0.1, -0.05) is 42.5 Å². The molecular formula is C33H30F2N4O3. The summed E-state index contributed by atoms with van der Waals surface area (Å²) < 4.78 is 30.9. The van der Waals surface area contributed by atoms with Gasteiger partial charge in [0.05, 0.1) is 11.4 Å². The number of nitrogens with zero attached hydrogens (tertiary/aromatic N) is 3. The summed E-state index contributed by atoms with van der Waals surface area (Å²) in [5, 5.41) is 2.70. The SMILES string of the molecule is CN(Cc1ccccc1)C(=O)c1ccc(N2C[C@H]3C[C@@H](C2)c2cccc(=O)n2C3)c(NC(=O)c2c(F)cccc2F)c1. The van der Waals surface area contributed by atoms with Gasteiger partial charge in [-0.3, -0.25) is 14.4 Å². The Kier molecular flexibility index (Phi) is 7.33. The van der Waals surface area contributed by atoms with E-state index < -0.39 is 23.1 Å². The zero-order chi connectivity index (χ0) is 29.4. The Balaban J connectivity index is 1.34. The summed E-state index contributed by atoms with van der Waals surface area (Å²) in [6.07, 6.45) is 0.933. The van der Waals surface area contributed by atoms with Crippen LogP contribution in [0.2, 0.25) is 0 Å². The minimum absolute atomic E-state index is 0.0157. The maximum absolute atomic E-state index is 14.5. The van der Waals surface area contributed by atoms with E-state index in [2.05, 4.69) is 10.2 Å². The van der Waals surface area contributed by atoms with E-state index in [4.69, 9.17) is 0 Å². The lowest BCUT2D eigenvalue weighted by Crippen LogP contribution is -2.47. The van der Waals surface area contributed by atoms with Gasteiger partial charge < -0.3 is 19.7 Å². The number of hydrogen-bond acceptors (Lipinski definition) is 4. The Bertz CT molecular complexity index is 1700. The first-order valence-corrected chi connectivity index (χ1v) is 13.9. The van der Waals surface area contributed by atoms with Gasteiger partial charge in [-0.05, 0) is 54.3 Å². The molecule has 2 aliphatic heterocycles. The number of piperidine rings is 1. The lowest BCUT2D eigenvalue weighted by molar-refractivity contribution is 0.0784. The second kappa shape index (κ2) is 11.2. The minimum Gasteiger partial charge on any atom is -0.369 e. The van der Waals surface area contributed by atoms with Crippen LogP contribution in [-0.4, -0.2) is 41.4 Å². The van der Waals surface area contributed by atoms with Crippen molar-refractivity contribution in [1.29, 1.82) is 0 Å². The normalized spacial score (nSPS) is 17.4. The van der Waals surface area contributed by atoms with Crippen LogP contribution in [0.3, 0.4) is 0 Å². The molecule has 1 fully saturated rings. The number of rotatable bonds is 6. The number of amides is 2. The molecule has 0 radical (unpaired) electrons. The van der Waals surface area contributed by atoms with Crippen LogP contribution in [-0.2, 0) is 13.1 Å². The van der Waals surface area contributed by atoms with E-state index in [1.165, 1.54) is 6.07 Å². The maximum atomic E-state index is 14.5. The number of halogens is 2. The van der Waals surface area contributed by atoms with Crippen LogP contribution in [0, 0.1) is 17.6 Å². The second-order valence-electron chi connectivity index (χ2n) is 11.0. The summed E-state index contributed by atoms with van der Waals surface area (Å²) in [5.74, 6) is -2.86. The highest BCUT2D eigenvalue weighted by Crippen LogP contribution is 2.39. The molecule has 1 aromatic heterocycles. The van der Waals surface area contributed by atoms with E-state index in [1.54, 1.807) is 42.3 Å². The Labute approximate surface area is 242 Å². The van der Waals surface area contributed by atoms with E-state index in [1.807, 2.05) is 41.0 Å². The van der Waals surface area contributed by atoms with Gasteiger partial charge >= 0.3 is 0 Å². The van der Waals surface area contributed by atoms with Gasteiger partial charge in [0.15, 0.2) is 0 Å². The van der Waals surface area contributed by atoms with Crippen LogP contribution < -0.4 is 15.8 Å². The number of pyridine rings is 1. The summed E-state index contributed by atoms with van der Waals surface area (Å²) in [6.45, 7) is 2.18. The Morgan fingerprint density at radius 3 is 2.40 bits per heavy atom. The third-order valence-corrected chi connectivity index (χ3v) is 8.11. The van der Waals surface area contributed by atoms with Crippen LogP contribution in [0.4, 0.5) is 20.2 Å². The first-order valence-electron chi connectivity index (χ1n) is 13.9. The third-order valence-electron chi connectivity index (χ3n) is 8.11. The van der Waals surface area contributed by atoms with Crippen molar-refractivity contribution in [2.75, 3.05) is 30.4 Å². The number of anilines is 2. The topological polar surface area (TPSA) is 74.7 Å². The smallest absolute Gasteiger partial charge is 0.261 e. The maximum Gasteiger partial charge on any atom is 0.261 e. The minimum atomic E-state index is -0.974. The lowest BCUT2D eigenvalue weighted by atomic mass is 9.83. The average Bonchev–Trinajstić information content (AvgIpc) is 2.97. The average molecular weight is 569 g/mol. The van der Waals surface area contributed by atoms with E-state index in [0.717, 1.165) is 29.8 Å². The molecule has 3 heterocycles. The molecule has 6 rings (SSSR count).